The van der Waals surface area contributed by atoms with Crippen molar-refractivity contribution in [3.63, 3.8) is 0 Å². The minimum Gasteiger partial charge on any atom is -0.748 e. The fourth-order valence-electron chi connectivity index (χ4n) is 3.64. The van der Waals surface area contributed by atoms with Gasteiger partial charge >= 0.3 is 29.6 Å². The largest absolute Gasteiger partial charge is 1.00 e. The topological polar surface area (TPSA) is 77.4 Å². The molecule has 0 saturated heterocycles. The standard InChI is InChI=1S/C22H46O4S.Na/c1-3-4-5-6-7-8-9-10-11-12-13-14-15-16-19-22(27(24,25)26)20-17-18-21(2)23;/h21-23H,3-20H2,1-2H3,(H,24,25,26);/q;+1/p-1. The molecule has 0 aromatic heterocycles. The van der Waals surface area contributed by atoms with Crippen LogP contribution in [0.5, 0.6) is 0 Å². The summed E-state index contributed by atoms with van der Waals surface area (Å²) in [4.78, 5) is 0. The van der Waals surface area contributed by atoms with Crippen molar-refractivity contribution in [3.05, 3.63) is 0 Å². The second-order valence-electron chi connectivity index (χ2n) is 8.28. The summed E-state index contributed by atoms with van der Waals surface area (Å²) in [7, 11) is -4.21. The zero-order valence-electron chi connectivity index (χ0n) is 19.0. The van der Waals surface area contributed by atoms with E-state index >= 15 is 0 Å². The zero-order valence-corrected chi connectivity index (χ0v) is 21.8. The van der Waals surface area contributed by atoms with Gasteiger partial charge in [0.25, 0.3) is 0 Å². The molecule has 0 aliphatic heterocycles. The maximum atomic E-state index is 11.4. The molecule has 2 atom stereocenters. The molecule has 0 aliphatic carbocycles. The molecule has 0 spiro atoms. The van der Waals surface area contributed by atoms with Crippen LogP contribution in [0.2, 0.25) is 0 Å². The quantitative estimate of drug-likeness (QED) is 0.183. The third-order valence-corrected chi connectivity index (χ3v) is 6.72. The number of aliphatic hydroxyl groups excluding tert-OH is 1. The molecule has 0 bridgehead atoms. The first-order valence-electron chi connectivity index (χ1n) is 11.5. The predicted molar refractivity (Wildman–Crippen MR) is 114 cm³/mol. The molecule has 4 nitrogen and oxygen atoms in total. The van der Waals surface area contributed by atoms with Crippen molar-refractivity contribution in [2.24, 2.45) is 0 Å². The summed E-state index contributed by atoms with van der Waals surface area (Å²) in [5.74, 6) is 0. The van der Waals surface area contributed by atoms with Gasteiger partial charge in [0.15, 0.2) is 0 Å². The number of hydrogen-bond donors (Lipinski definition) is 1. The van der Waals surface area contributed by atoms with Crippen LogP contribution in [0, 0.1) is 0 Å². The summed E-state index contributed by atoms with van der Waals surface area (Å²) in [6.45, 7) is 3.94. The van der Waals surface area contributed by atoms with Crippen LogP contribution in [-0.2, 0) is 10.1 Å². The fourth-order valence-corrected chi connectivity index (χ4v) is 4.55. The summed E-state index contributed by atoms with van der Waals surface area (Å²) >= 11 is 0. The van der Waals surface area contributed by atoms with Gasteiger partial charge in [-0.15, -0.1) is 0 Å². The molecule has 0 amide bonds. The molecule has 0 aliphatic rings. The van der Waals surface area contributed by atoms with Gasteiger partial charge in [0, 0.05) is 5.25 Å². The van der Waals surface area contributed by atoms with E-state index in [-0.39, 0.29) is 29.6 Å². The third-order valence-electron chi connectivity index (χ3n) is 5.44. The molecule has 0 aromatic rings. The van der Waals surface area contributed by atoms with E-state index in [4.69, 9.17) is 0 Å². The van der Waals surface area contributed by atoms with Crippen molar-refractivity contribution in [2.75, 3.05) is 0 Å². The van der Waals surface area contributed by atoms with Crippen LogP contribution >= 0.6 is 0 Å². The normalized spacial score (nSPS) is 13.9. The van der Waals surface area contributed by atoms with Crippen molar-refractivity contribution in [1.29, 1.82) is 0 Å². The van der Waals surface area contributed by atoms with E-state index in [1.165, 1.54) is 70.6 Å². The van der Waals surface area contributed by atoms with Gasteiger partial charge in [-0.3, -0.25) is 0 Å². The van der Waals surface area contributed by atoms with E-state index in [1.54, 1.807) is 6.92 Å². The van der Waals surface area contributed by atoms with Crippen molar-refractivity contribution >= 4 is 10.1 Å². The monoisotopic (exact) mass is 428 g/mol. The Labute approximate surface area is 197 Å². The Bertz CT molecular complexity index is 413. The van der Waals surface area contributed by atoms with E-state index in [9.17, 15) is 18.1 Å². The maximum Gasteiger partial charge on any atom is 1.00 e. The molecule has 0 fully saturated rings. The smallest absolute Gasteiger partial charge is 0.748 e. The molecule has 1 N–H and O–H groups in total. The second kappa shape index (κ2) is 21.1. The average molecular weight is 429 g/mol. The Morgan fingerprint density at radius 2 is 1.04 bits per heavy atom. The van der Waals surface area contributed by atoms with Crippen LogP contribution < -0.4 is 29.6 Å². The van der Waals surface area contributed by atoms with Gasteiger partial charge in [0.1, 0.15) is 0 Å². The van der Waals surface area contributed by atoms with Crippen molar-refractivity contribution in [1.82, 2.24) is 0 Å². The Morgan fingerprint density at radius 3 is 1.39 bits per heavy atom. The van der Waals surface area contributed by atoms with E-state index in [0.29, 0.717) is 25.7 Å². The van der Waals surface area contributed by atoms with Crippen LogP contribution in [0.25, 0.3) is 0 Å². The predicted octanol–water partition coefficient (Wildman–Crippen LogP) is 3.33. The van der Waals surface area contributed by atoms with Crippen LogP contribution in [0.3, 0.4) is 0 Å². The summed E-state index contributed by atoms with van der Waals surface area (Å²) < 4.78 is 34.1. The van der Waals surface area contributed by atoms with Crippen molar-refractivity contribution in [2.45, 2.75) is 141 Å². The molecule has 6 heteroatoms. The van der Waals surface area contributed by atoms with Crippen molar-refractivity contribution in [3.8, 4) is 0 Å². The second-order valence-corrected chi connectivity index (χ2v) is 9.93. The van der Waals surface area contributed by atoms with Crippen molar-refractivity contribution < 1.29 is 47.6 Å². The first-order chi connectivity index (χ1) is 12.9. The summed E-state index contributed by atoms with van der Waals surface area (Å²) in [5, 5.41) is 8.48. The molecule has 2 unspecified atom stereocenters. The summed E-state index contributed by atoms with van der Waals surface area (Å²) in [6.07, 6.45) is 19.3. The average Bonchev–Trinajstić information content (AvgIpc) is 2.59. The molecule has 0 saturated carbocycles. The molecular weight excluding hydrogens is 383 g/mol. The van der Waals surface area contributed by atoms with E-state index < -0.39 is 21.5 Å². The van der Waals surface area contributed by atoms with Gasteiger partial charge in [0.05, 0.1) is 16.2 Å². The van der Waals surface area contributed by atoms with Gasteiger partial charge < -0.3 is 9.66 Å². The van der Waals surface area contributed by atoms with E-state index in [2.05, 4.69) is 6.92 Å². The number of unbranched alkanes of at least 4 members (excludes halogenated alkanes) is 13. The van der Waals surface area contributed by atoms with Crippen LogP contribution in [0.15, 0.2) is 0 Å². The fraction of sp³-hybridized carbons (Fsp3) is 1.00. The molecule has 164 valence electrons. The Balaban J connectivity index is 0. The van der Waals surface area contributed by atoms with Gasteiger partial charge in [-0.05, 0) is 32.6 Å². The van der Waals surface area contributed by atoms with E-state index in [1.807, 2.05) is 0 Å². The van der Waals surface area contributed by atoms with Crippen LogP contribution in [0.4, 0.5) is 0 Å². The van der Waals surface area contributed by atoms with Crippen LogP contribution in [-0.4, -0.2) is 29.4 Å². The van der Waals surface area contributed by atoms with Gasteiger partial charge in [-0.25, -0.2) is 8.42 Å². The Hall–Kier alpha value is 0.870. The third kappa shape index (κ3) is 21.6. The van der Waals surface area contributed by atoms with Crippen LogP contribution in [0.1, 0.15) is 129 Å². The minimum absolute atomic E-state index is 0. The molecule has 0 heterocycles. The minimum atomic E-state index is -4.21. The number of rotatable bonds is 20. The Morgan fingerprint density at radius 1 is 0.679 bits per heavy atom. The zero-order chi connectivity index (χ0) is 20.4. The van der Waals surface area contributed by atoms with Gasteiger partial charge in [-0.1, -0.05) is 96.8 Å². The Kier molecular flexibility index (Phi) is 23.4. The first kappa shape index (κ1) is 31.1. The molecule has 0 aromatic carbocycles. The molecule has 0 radical (unpaired) electrons. The van der Waals surface area contributed by atoms with E-state index in [0.717, 1.165) is 19.3 Å². The van der Waals surface area contributed by atoms with Gasteiger partial charge in [0.2, 0.25) is 0 Å². The first-order valence-corrected chi connectivity index (χ1v) is 13.0. The molecule has 0 rings (SSSR count). The van der Waals surface area contributed by atoms with Gasteiger partial charge in [-0.2, -0.15) is 0 Å². The molecular formula is C22H45NaO4S. The SMILES string of the molecule is CCCCCCCCCCCCCCCCC(CCCC(C)O)S(=O)(=O)[O-].[Na+]. The number of hydrogen-bond acceptors (Lipinski definition) is 4. The number of aliphatic hydroxyl groups is 1. The summed E-state index contributed by atoms with van der Waals surface area (Å²) in [5.41, 5.74) is 0. The molecule has 28 heavy (non-hydrogen) atoms. The maximum absolute atomic E-state index is 11.4. The summed E-state index contributed by atoms with van der Waals surface area (Å²) in [6, 6.07) is 0.